The normalized spacial score (nSPS) is 34.7. The Hall–Kier alpha value is -3.31. The van der Waals surface area contributed by atoms with Gasteiger partial charge in [-0.15, -0.1) is 11.8 Å². The molecule has 31 heteroatoms. The van der Waals surface area contributed by atoms with Gasteiger partial charge in [-0.25, -0.2) is 8.42 Å². The fraction of sp³-hybridized carbons (Fsp3) is 0.750. The minimum absolute atomic E-state index is 0. The molecule has 4 amide bonds. The van der Waals surface area contributed by atoms with Gasteiger partial charge < -0.3 is 110 Å². The van der Waals surface area contributed by atoms with Crippen LogP contribution in [0.15, 0.2) is 24.3 Å². The summed E-state index contributed by atoms with van der Waals surface area (Å²) in [7, 11) is -5.41. The molecule has 13 N–H and O–H groups in total. The van der Waals surface area contributed by atoms with Gasteiger partial charge in [-0.1, -0.05) is 32.3 Å². The summed E-state index contributed by atoms with van der Waals surface area (Å²) in [6, 6.07) is -0.788. The van der Waals surface area contributed by atoms with E-state index in [9.17, 15) is 78.1 Å². The number of ether oxygens (including phenoxy) is 8. The summed E-state index contributed by atoms with van der Waals surface area (Å²) in [6.45, 7) is 1.41. The number of rotatable bonds is 25. The zero-order chi connectivity index (χ0) is 57.4. The fourth-order valence-electron chi connectivity index (χ4n) is 9.20. The molecule has 4 fully saturated rings. The van der Waals surface area contributed by atoms with Crippen LogP contribution < -0.4 is 55.6 Å². The van der Waals surface area contributed by atoms with E-state index in [4.69, 9.17) is 37.9 Å². The van der Waals surface area contributed by atoms with E-state index in [1.807, 2.05) is 0 Å². The second-order valence-electron chi connectivity index (χ2n) is 19.0. The van der Waals surface area contributed by atoms with E-state index in [1.165, 1.54) is 18.6 Å². The van der Waals surface area contributed by atoms with Crippen LogP contribution in [0.4, 0.5) is 0 Å². The van der Waals surface area contributed by atoms with E-state index in [1.54, 1.807) is 12.1 Å². The molecule has 4 saturated heterocycles. The first kappa shape index (κ1) is 68.2. The molecule has 29 nitrogen and oxygen atoms in total. The smallest absolute Gasteiger partial charge is 0.726 e. The predicted octanol–water partition coefficient (Wildman–Crippen LogP) is -8.26. The van der Waals surface area contributed by atoms with Crippen LogP contribution in [0.2, 0.25) is 0 Å². The number of benzene rings is 1. The molecule has 0 saturated carbocycles. The molecular weight excluding hydrogens is 1090 g/mol. The summed E-state index contributed by atoms with van der Waals surface area (Å²) in [5.41, 5.74) is 0.0426. The van der Waals surface area contributed by atoms with Crippen LogP contribution >= 0.6 is 0 Å². The molecule has 1 aromatic rings. The molecule has 4 aliphatic rings. The zero-order valence-electron chi connectivity index (χ0n) is 44.3. The number of carbonyl (C=O) groups excluding carboxylic acids is 4. The first-order chi connectivity index (χ1) is 37.0. The third-order valence-corrected chi connectivity index (χ3v) is 13.5. The van der Waals surface area contributed by atoms with Crippen LogP contribution in [0.1, 0.15) is 83.0 Å². The maximum absolute atomic E-state index is 13.8. The molecule has 1 aromatic carbocycles. The topological polar surface area (TPSA) is 439 Å². The van der Waals surface area contributed by atoms with Crippen molar-refractivity contribution in [3.8, 4) is 17.6 Å². The fourth-order valence-corrected chi connectivity index (χ4v) is 9.50. The van der Waals surface area contributed by atoms with Crippen molar-refractivity contribution < 1.29 is 150 Å². The molecule has 0 bridgehead atoms. The van der Waals surface area contributed by atoms with Gasteiger partial charge in [0.15, 0.2) is 25.2 Å². The molecule has 0 aliphatic carbocycles. The molecule has 0 spiro atoms. The first-order valence-electron chi connectivity index (χ1n) is 25.4. The molecule has 79 heavy (non-hydrogen) atoms. The molecule has 20 atom stereocenters. The van der Waals surface area contributed by atoms with Crippen molar-refractivity contribution in [2.75, 3.05) is 33.0 Å². The van der Waals surface area contributed by atoms with E-state index in [0.29, 0.717) is 25.2 Å². The number of aliphatic hydroxyl groups is 9. The van der Waals surface area contributed by atoms with Gasteiger partial charge in [-0.2, -0.15) is 0 Å². The summed E-state index contributed by atoms with van der Waals surface area (Å²) in [5, 5.41) is 109. The minimum atomic E-state index is -5.41. The first-order valence-corrected chi connectivity index (χ1v) is 26.8. The monoisotopic (exact) mass is 1160 g/mol. The molecule has 8 unspecified atom stereocenters. The summed E-state index contributed by atoms with van der Waals surface area (Å²) in [5.74, 6) is 3.36. The Morgan fingerprint density at radius 3 is 1.57 bits per heavy atom. The molecule has 0 radical (unpaired) electrons. The van der Waals surface area contributed by atoms with Crippen molar-refractivity contribution in [1.82, 2.24) is 21.3 Å². The summed E-state index contributed by atoms with van der Waals surface area (Å²) >= 11 is 0. The van der Waals surface area contributed by atoms with Crippen LogP contribution in [0.3, 0.4) is 0 Å². The number of hydrogen-bond donors (Lipinski definition) is 13. The van der Waals surface area contributed by atoms with Gasteiger partial charge in [0.2, 0.25) is 28.1 Å². The molecule has 442 valence electrons. The second kappa shape index (κ2) is 32.5. The Kier molecular flexibility index (Phi) is 28.1. The van der Waals surface area contributed by atoms with Crippen molar-refractivity contribution >= 4 is 34.0 Å². The second-order valence-corrected chi connectivity index (χ2v) is 20.1. The van der Waals surface area contributed by atoms with Gasteiger partial charge in [0.25, 0.3) is 5.91 Å². The maximum atomic E-state index is 13.8. The van der Waals surface area contributed by atoms with Crippen molar-refractivity contribution in [2.24, 2.45) is 0 Å². The molecule has 0 aromatic heterocycles. The molecule has 4 heterocycles. The van der Waals surface area contributed by atoms with Crippen LogP contribution in [0.25, 0.3) is 0 Å². The van der Waals surface area contributed by atoms with E-state index in [2.05, 4.69) is 44.2 Å². The van der Waals surface area contributed by atoms with Crippen LogP contribution in [-0.2, 0) is 62.1 Å². The SMILES string of the molecule is CCCCCCC#CCCCOc1cccc(C(=O)NC2[C@H](O[C@H]3C(O)C(NC(C)=O)[C@H](O[C@@H]4C(CO)O[C@@H](O[C@H]5C(O)C(NC(C)=O)[C@H](O)O[C@H]5COS(=O)(=O)[O-])C(NC(C)=O)[C@H]4O)O[C@H]3CO)OC(CO)[C@@H](O)[C@@H]2O)c1.[Na+]. The Morgan fingerprint density at radius 1 is 0.608 bits per heavy atom. The average molecular weight is 1160 g/mol. The quantitative estimate of drug-likeness (QED) is 0.0142. The van der Waals surface area contributed by atoms with Gasteiger partial charge in [0.05, 0.1) is 33.0 Å². The minimum Gasteiger partial charge on any atom is -0.726 e. The largest absolute Gasteiger partial charge is 1.00 e. The van der Waals surface area contributed by atoms with E-state index < -0.39 is 183 Å². The Morgan fingerprint density at radius 2 is 1.08 bits per heavy atom. The van der Waals surface area contributed by atoms with Gasteiger partial charge in [-0.05, 0) is 31.0 Å². The van der Waals surface area contributed by atoms with Crippen LogP contribution in [0, 0.1) is 11.8 Å². The number of amides is 4. The number of nitrogens with one attached hydrogen (secondary N) is 4. The number of aliphatic hydroxyl groups excluding tert-OH is 9. The summed E-state index contributed by atoms with van der Waals surface area (Å²) in [6.07, 6.45) is -23.2. The van der Waals surface area contributed by atoms with E-state index in [-0.39, 0.29) is 35.1 Å². The summed E-state index contributed by atoms with van der Waals surface area (Å²) in [4.78, 5) is 51.1. The molecule has 5 rings (SSSR count). The molecule has 4 aliphatic heterocycles. The Bertz CT molecular complexity index is 2280. The average Bonchev–Trinajstić information content (AvgIpc) is 3.47. The number of hydrogen-bond acceptors (Lipinski definition) is 25. The van der Waals surface area contributed by atoms with Crippen LogP contribution in [0.5, 0.6) is 5.75 Å². The van der Waals surface area contributed by atoms with Gasteiger partial charge in [0.1, 0.15) is 103 Å². The van der Waals surface area contributed by atoms with Crippen LogP contribution in [-0.4, -0.2) is 238 Å². The van der Waals surface area contributed by atoms with Crippen molar-refractivity contribution in [3.05, 3.63) is 29.8 Å². The Labute approximate surface area is 478 Å². The number of carbonyl (C=O) groups is 4. The van der Waals surface area contributed by atoms with E-state index in [0.717, 1.165) is 46.5 Å². The van der Waals surface area contributed by atoms with Crippen molar-refractivity contribution in [1.29, 1.82) is 0 Å². The van der Waals surface area contributed by atoms with Gasteiger partial charge in [0, 0.05) is 39.2 Å². The van der Waals surface area contributed by atoms with Crippen molar-refractivity contribution in [2.45, 2.75) is 195 Å². The van der Waals surface area contributed by atoms with Gasteiger partial charge in [-0.3, -0.25) is 23.4 Å². The third kappa shape index (κ3) is 19.4. The third-order valence-electron chi connectivity index (χ3n) is 13.0. The molecular formula is C48H73N4NaO25S. The maximum Gasteiger partial charge on any atom is 1.00 e. The number of unbranched alkanes of at least 4 members (excludes halogenated alkanes) is 5. The Balaban J connectivity index is 0.0000134. The standard InChI is InChI=1S/C48H74N4O25S.Na/c1-5-6-7-8-9-10-11-12-13-17-69-27-16-14-15-26(18-27)44(64)52-33-37(60)36(59)28(19-53)72-46(33)75-41-29(20-54)73-47(34(39(41)62)50-24(3)57)76-42-30(21-55)74-48(35(40(42)63)51-25(4)58)77-43-31(22-70-78(66,67)68)71-45(65)32(38(43)61)49-23(2)56;/h14-16,18,28-43,45-48,53-55,59-63,65H,5-9,12-13,17,19-22H2,1-4H3,(H,49,56)(H,50,57)(H,51,58)(H,52,64)(H,66,67,68);/q;+1/p-1/t28?,29-,30?,31-,32?,33?,34?,35?,36+,37+,38?,39?,40+,41+,42+,43+,45+,46-,47-,48-;/m0./s1. The van der Waals surface area contributed by atoms with E-state index >= 15 is 0 Å². The van der Waals surface area contributed by atoms with Crippen molar-refractivity contribution in [3.63, 3.8) is 0 Å². The zero-order valence-corrected chi connectivity index (χ0v) is 47.1. The van der Waals surface area contributed by atoms with Gasteiger partial charge >= 0.3 is 29.6 Å². The predicted molar refractivity (Wildman–Crippen MR) is 260 cm³/mol. The summed E-state index contributed by atoms with van der Waals surface area (Å²) < 4.78 is 85.6.